The minimum absolute atomic E-state index is 0.00506. The first-order chi connectivity index (χ1) is 11.1. The van der Waals surface area contributed by atoms with Gasteiger partial charge in [-0.05, 0) is 18.6 Å². The molecule has 10 heteroatoms. The molecule has 0 N–H and O–H groups in total. The van der Waals surface area contributed by atoms with Crippen molar-refractivity contribution in [2.75, 3.05) is 19.7 Å². The molecule has 1 fully saturated rings. The average molecular weight is 397 g/mol. The molecule has 1 aliphatic carbocycles. The van der Waals surface area contributed by atoms with Gasteiger partial charge in [-0.1, -0.05) is 13.8 Å². The van der Waals surface area contributed by atoms with Gasteiger partial charge >= 0.3 is 5.69 Å². The Kier molecular flexibility index (Phi) is 5.64. The van der Waals surface area contributed by atoms with Crippen LogP contribution >= 0.6 is 23.2 Å². The second-order valence-electron chi connectivity index (χ2n) is 5.45. The van der Waals surface area contributed by atoms with E-state index in [1.807, 2.05) is 0 Å². The van der Waals surface area contributed by atoms with Crippen LogP contribution in [0.15, 0.2) is 23.1 Å². The Morgan fingerprint density at radius 1 is 1.38 bits per heavy atom. The number of hydrogen-bond donors (Lipinski definition) is 0. The van der Waals surface area contributed by atoms with Crippen LogP contribution in [0.2, 0.25) is 0 Å². The van der Waals surface area contributed by atoms with Crippen LogP contribution in [0.4, 0.5) is 5.69 Å². The van der Waals surface area contributed by atoms with Gasteiger partial charge in [0.2, 0.25) is 10.0 Å². The number of sulfonamides is 1. The number of hydrogen-bond acceptors (Lipinski definition) is 5. The molecule has 0 unspecified atom stereocenters. The summed E-state index contributed by atoms with van der Waals surface area (Å²) in [7, 11) is -3.78. The van der Waals surface area contributed by atoms with Crippen molar-refractivity contribution >= 4 is 38.9 Å². The van der Waals surface area contributed by atoms with Crippen LogP contribution in [-0.4, -0.2) is 41.7 Å². The minimum atomic E-state index is -3.78. The predicted molar refractivity (Wildman–Crippen MR) is 91.2 cm³/mol. The molecular weight excluding hydrogens is 379 g/mol. The molecule has 0 saturated heterocycles. The number of nitro benzene ring substituents is 1. The van der Waals surface area contributed by atoms with Crippen molar-refractivity contribution in [3.05, 3.63) is 28.3 Å². The van der Waals surface area contributed by atoms with E-state index < -0.39 is 25.0 Å². The fourth-order valence-electron chi connectivity index (χ4n) is 2.28. The average Bonchev–Trinajstić information content (AvgIpc) is 3.13. The Morgan fingerprint density at radius 2 is 1.96 bits per heavy atom. The maximum Gasteiger partial charge on any atom is 0.312 e. The summed E-state index contributed by atoms with van der Waals surface area (Å²) >= 11 is 11.8. The fourth-order valence-corrected chi connectivity index (χ4v) is 4.25. The van der Waals surface area contributed by atoms with Gasteiger partial charge in [0.05, 0.1) is 16.4 Å². The number of nitrogens with zero attached hydrogens (tertiary/aromatic N) is 2. The first kappa shape index (κ1) is 19.2. The van der Waals surface area contributed by atoms with Crippen LogP contribution in [0, 0.1) is 16.0 Å². The third-order valence-corrected chi connectivity index (χ3v) is 6.84. The lowest BCUT2D eigenvalue weighted by Crippen LogP contribution is -2.30. The highest BCUT2D eigenvalue weighted by molar-refractivity contribution is 7.89. The van der Waals surface area contributed by atoms with Gasteiger partial charge in [-0.25, -0.2) is 8.42 Å². The van der Waals surface area contributed by atoms with Gasteiger partial charge in [0.25, 0.3) is 0 Å². The van der Waals surface area contributed by atoms with Crippen LogP contribution in [0.25, 0.3) is 0 Å². The molecule has 134 valence electrons. The molecule has 0 aromatic heterocycles. The third-order valence-electron chi connectivity index (χ3n) is 3.87. The van der Waals surface area contributed by atoms with Crippen molar-refractivity contribution in [1.29, 1.82) is 0 Å². The summed E-state index contributed by atoms with van der Waals surface area (Å²) in [4.78, 5) is 10.5. The zero-order valence-corrected chi connectivity index (χ0v) is 15.6. The van der Waals surface area contributed by atoms with Crippen molar-refractivity contribution in [2.24, 2.45) is 5.92 Å². The summed E-state index contributed by atoms with van der Waals surface area (Å²) in [5.41, 5.74) is -0.404. The standard InChI is InChI=1S/C14H18Cl2N2O5S/c1-3-17(4-2)24(21,22)11-5-6-13(12(7-11)18(19)20)23-9-10-8-14(10,15)16/h5-7,10H,3-4,8-9H2,1-2H3/t10-/m0/s1. The molecule has 2 rings (SSSR count). The molecular formula is C14H18Cl2N2O5S. The molecule has 7 nitrogen and oxygen atoms in total. The Hall–Kier alpha value is -1.09. The Bertz CT molecular complexity index is 735. The topological polar surface area (TPSA) is 89.8 Å². The predicted octanol–water partition coefficient (Wildman–Crippen LogP) is 3.20. The van der Waals surface area contributed by atoms with E-state index in [1.165, 1.54) is 16.4 Å². The van der Waals surface area contributed by atoms with Gasteiger partial charge in [0.1, 0.15) is 4.33 Å². The van der Waals surface area contributed by atoms with E-state index in [-0.39, 0.29) is 36.3 Å². The van der Waals surface area contributed by atoms with E-state index >= 15 is 0 Å². The van der Waals surface area contributed by atoms with E-state index in [2.05, 4.69) is 0 Å². The molecule has 1 atom stereocenters. The van der Waals surface area contributed by atoms with Crippen molar-refractivity contribution in [3.8, 4) is 5.75 Å². The first-order valence-corrected chi connectivity index (χ1v) is 9.62. The van der Waals surface area contributed by atoms with Crippen LogP contribution < -0.4 is 4.74 Å². The maximum absolute atomic E-state index is 12.5. The fraction of sp³-hybridized carbons (Fsp3) is 0.571. The number of nitro groups is 1. The minimum Gasteiger partial charge on any atom is -0.486 e. The highest BCUT2D eigenvalue weighted by Gasteiger charge is 2.52. The van der Waals surface area contributed by atoms with Crippen LogP contribution in [0.3, 0.4) is 0 Å². The van der Waals surface area contributed by atoms with Crippen LogP contribution in [0.1, 0.15) is 20.3 Å². The molecule has 1 saturated carbocycles. The van der Waals surface area contributed by atoms with Crippen LogP contribution in [0.5, 0.6) is 5.75 Å². The molecule has 0 bridgehead atoms. The molecule has 0 spiro atoms. The van der Waals surface area contributed by atoms with E-state index in [1.54, 1.807) is 13.8 Å². The first-order valence-electron chi connectivity index (χ1n) is 7.42. The summed E-state index contributed by atoms with van der Waals surface area (Å²) in [6.45, 7) is 4.09. The van der Waals surface area contributed by atoms with E-state index in [0.717, 1.165) is 6.07 Å². The summed E-state index contributed by atoms with van der Waals surface area (Å²) in [6.07, 6.45) is 0.554. The summed E-state index contributed by atoms with van der Waals surface area (Å²) in [6, 6.07) is 3.61. The van der Waals surface area contributed by atoms with Crippen molar-refractivity contribution in [2.45, 2.75) is 29.5 Å². The summed E-state index contributed by atoms with van der Waals surface area (Å²) in [5, 5.41) is 11.3. The van der Waals surface area contributed by atoms with Crippen molar-refractivity contribution < 1.29 is 18.1 Å². The van der Waals surface area contributed by atoms with Gasteiger partial charge in [-0.3, -0.25) is 10.1 Å². The quantitative estimate of drug-likeness (QED) is 0.382. The van der Waals surface area contributed by atoms with E-state index in [9.17, 15) is 18.5 Å². The largest absolute Gasteiger partial charge is 0.486 e. The number of halogens is 2. The molecule has 0 amide bonds. The van der Waals surface area contributed by atoms with Gasteiger partial charge in [0, 0.05) is 25.1 Å². The summed E-state index contributed by atoms with van der Waals surface area (Å²) < 4.78 is 30.7. The monoisotopic (exact) mass is 396 g/mol. The normalized spacial score (nSPS) is 19.3. The lowest BCUT2D eigenvalue weighted by Gasteiger charge is -2.18. The molecule has 1 aromatic rings. The lowest BCUT2D eigenvalue weighted by molar-refractivity contribution is -0.386. The van der Waals surface area contributed by atoms with Gasteiger partial charge in [-0.15, -0.1) is 23.2 Å². The Morgan fingerprint density at radius 3 is 2.42 bits per heavy atom. The highest BCUT2D eigenvalue weighted by atomic mass is 35.5. The lowest BCUT2D eigenvalue weighted by atomic mass is 10.3. The van der Waals surface area contributed by atoms with Gasteiger partial charge in [-0.2, -0.15) is 4.31 Å². The zero-order chi connectivity index (χ0) is 18.1. The SMILES string of the molecule is CCN(CC)S(=O)(=O)c1ccc(OC[C@@H]2CC2(Cl)Cl)c([N+](=O)[O-])c1. The third kappa shape index (κ3) is 3.93. The zero-order valence-electron chi connectivity index (χ0n) is 13.2. The number of alkyl halides is 2. The van der Waals surface area contributed by atoms with E-state index in [4.69, 9.17) is 27.9 Å². The molecule has 0 heterocycles. The van der Waals surface area contributed by atoms with Crippen molar-refractivity contribution in [1.82, 2.24) is 4.31 Å². The Balaban J connectivity index is 2.28. The maximum atomic E-state index is 12.5. The second-order valence-corrected chi connectivity index (χ2v) is 8.93. The van der Waals surface area contributed by atoms with Gasteiger partial charge < -0.3 is 4.74 Å². The Labute approximate surface area is 150 Å². The molecule has 0 aliphatic heterocycles. The molecule has 1 aromatic carbocycles. The number of ether oxygens (including phenoxy) is 1. The summed E-state index contributed by atoms with van der Waals surface area (Å²) in [5.74, 6) is -0.103. The van der Waals surface area contributed by atoms with Crippen LogP contribution in [-0.2, 0) is 10.0 Å². The van der Waals surface area contributed by atoms with Gasteiger partial charge in [0.15, 0.2) is 5.75 Å². The number of rotatable bonds is 8. The molecule has 0 radical (unpaired) electrons. The van der Waals surface area contributed by atoms with Crippen molar-refractivity contribution in [3.63, 3.8) is 0 Å². The second kappa shape index (κ2) is 7.03. The highest BCUT2D eigenvalue weighted by Crippen LogP contribution is 2.53. The van der Waals surface area contributed by atoms with E-state index in [0.29, 0.717) is 6.42 Å². The smallest absolute Gasteiger partial charge is 0.312 e. The molecule has 24 heavy (non-hydrogen) atoms. The molecule has 1 aliphatic rings. The number of benzene rings is 1.